The highest BCUT2D eigenvalue weighted by Gasteiger charge is 2.23. The molecule has 1 aliphatic rings. The molecule has 3 heterocycles. The van der Waals surface area contributed by atoms with Crippen molar-refractivity contribution in [1.29, 1.82) is 0 Å². The lowest BCUT2D eigenvalue weighted by Crippen LogP contribution is -2.43. The summed E-state index contributed by atoms with van der Waals surface area (Å²) in [6, 6.07) is 3.85. The van der Waals surface area contributed by atoms with Gasteiger partial charge in [0.25, 0.3) is 17.2 Å². The van der Waals surface area contributed by atoms with E-state index >= 15 is 0 Å². The molecule has 0 saturated carbocycles. The maximum Gasteiger partial charge on any atom is 0.271 e. The number of aromatic nitrogens is 2. The summed E-state index contributed by atoms with van der Waals surface area (Å²) in [7, 11) is 1.38. The first-order chi connectivity index (χ1) is 16.3. The Labute approximate surface area is 196 Å². The minimum Gasteiger partial charge on any atom is -0.495 e. The molecular formula is C21H21N5O7S. The molecule has 4 rings (SSSR count). The first-order valence-electron chi connectivity index (χ1n) is 10.3. The lowest BCUT2D eigenvalue weighted by Gasteiger charge is -2.26. The van der Waals surface area contributed by atoms with Crippen LogP contribution in [0.4, 0.5) is 11.4 Å². The average Bonchev–Trinajstić information content (AvgIpc) is 3.18. The summed E-state index contributed by atoms with van der Waals surface area (Å²) < 4.78 is 11.7. The van der Waals surface area contributed by atoms with Gasteiger partial charge in [-0.3, -0.25) is 29.1 Å². The topological polar surface area (TPSA) is 146 Å². The van der Waals surface area contributed by atoms with Crippen LogP contribution < -0.4 is 15.6 Å². The number of hydrogen-bond donors (Lipinski definition) is 1. The van der Waals surface area contributed by atoms with Crippen molar-refractivity contribution in [3.05, 3.63) is 55.4 Å². The van der Waals surface area contributed by atoms with E-state index in [1.54, 1.807) is 11.8 Å². The Balaban J connectivity index is 1.62. The van der Waals surface area contributed by atoms with E-state index in [1.807, 2.05) is 0 Å². The van der Waals surface area contributed by atoms with Crippen LogP contribution in [-0.2, 0) is 16.1 Å². The van der Waals surface area contributed by atoms with Gasteiger partial charge in [-0.2, -0.15) is 0 Å². The van der Waals surface area contributed by atoms with E-state index in [9.17, 15) is 24.5 Å². The number of carbonyl (C=O) groups excluding carboxylic acids is 2. The summed E-state index contributed by atoms with van der Waals surface area (Å²) in [4.78, 5) is 55.7. The molecule has 0 radical (unpaired) electrons. The summed E-state index contributed by atoms with van der Waals surface area (Å²) in [6.45, 7) is 3.29. The first-order valence-corrected chi connectivity index (χ1v) is 11.1. The molecule has 3 aromatic rings. The number of nitro groups is 1. The number of nitrogens with zero attached hydrogens (tertiary/aromatic N) is 4. The number of thiophene rings is 1. The molecule has 12 nitrogen and oxygen atoms in total. The van der Waals surface area contributed by atoms with Crippen LogP contribution in [0, 0.1) is 17.0 Å². The highest BCUT2D eigenvalue weighted by atomic mass is 32.1. The maximum atomic E-state index is 13.1. The fourth-order valence-corrected chi connectivity index (χ4v) is 4.67. The highest BCUT2D eigenvalue weighted by Crippen LogP contribution is 2.32. The Hall–Kier alpha value is -3.84. The first kappa shape index (κ1) is 23.3. The molecule has 0 unspecified atom stereocenters. The van der Waals surface area contributed by atoms with E-state index in [0.29, 0.717) is 36.7 Å². The predicted molar refractivity (Wildman–Crippen MR) is 124 cm³/mol. The number of non-ortho nitro benzene ring substituents is 1. The molecule has 0 bridgehead atoms. The summed E-state index contributed by atoms with van der Waals surface area (Å²) in [6.07, 6.45) is 1.30. The molecule has 1 fully saturated rings. The minimum atomic E-state index is -0.579. The van der Waals surface area contributed by atoms with Crippen LogP contribution in [0.5, 0.6) is 5.75 Å². The second-order valence-corrected chi connectivity index (χ2v) is 8.50. The number of aryl methyl sites for hydroxylation is 1. The number of anilines is 1. The van der Waals surface area contributed by atoms with Crippen LogP contribution in [-0.4, -0.2) is 64.6 Å². The molecule has 34 heavy (non-hydrogen) atoms. The van der Waals surface area contributed by atoms with Crippen molar-refractivity contribution < 1.29 is 24.0 Å². The zero-order valence-corrected chi connectivity index (χ0v) is 19.2. The second kappa shape index (κ2) is 9.57. The number of fused-ring (bicyclic) bond motifs is 1. The van der Waals surface area contributed by atoms with Gasteiger partial charge in [-0.25, -0.2) is 4.98 Å². The number of amides is 2. The number of nitrogens with one attached hydrogen (secondary N) is 1. The highest BCUT2D eigenvalue weighted by molar-refractivity contribution is 7.20. The third-order valence-electron chi connectivity index (χ3n) is 5.43. The van der Waals surface area contributed by atoms with Crippen molar-refractivity contribution in [3.63, 3.8) is 0 Å². The van der Waals surface area contributed by atoms with E-state index in [0.717, 1.165) is 11.3 Å². The van der Waals surface area contributed by atoms with Crippen molar-refractivity contribution in [2.75, 3.05) is 38.7 Å². The van der Waals surface area contributed by atoms with Gasteiger partial charge in [-0.15, -0.1) is 11.3 Å². The van der Waals surface area contributed by atoms with Crippen molar-refractivity contribution in [3.8, 4) is 5.75 Å². The zero-order chi connectivity index (χ0) is 24.4. The monoisotopic (exact) mass is 487 g/mol. The van der Waals surface area contributed by atoms with Crippen LogP contribution in [0.1, 0.15) is 15.2 Å². The third kappa shape index (κ3) is 4.47. The molecule has 1 N–H and O–H groups in total. The molecule has 0 aliphatic carbocycles. The largest absolute Gasteiger partial charge is 0.495 e. The molecule has 1 aliphatic heterocycles. The van der Waals surface area contributed by atoms with Gasteiger partial charge in [-0.05, 0) is 18.6 Å². The SMILES string of the molecule is COc1ccc([N+](=O)[O-])cc1NC(=O)c1sc2ncn(CC(=O)N3CCOCC3)c(=O)c2c1C. The molecule has 1 aromatic carbocycles. The number of benzene rings is 1. The summed E-state index contributed by atoms with van der Waals surface area (Å²) in [5, 5.41) is 14.0. The van der Waals surface area contributed by atoms with Gasteiger partial charge in [0.2, 0.25) is 5.91 Å². The Kier molecular flexibility index (Phi) is 6.56. The lowest BCUT2D eigenvalue weighted by molar-refractivity contribution is -0.384. The number of hydrogen-bond acceptors (Lipinski definition) is 9. The van der Waals surface area contributed by atoms with Crippen molar-refractivity contribution >= 4 is 44.7 Å². The molecule has 178 valence electrons. The van der Waals surface area contributed by atoms with Gasteiger partial charge < -0.3 is 19.7 Å². The summed E-state index contributed by atoms with van der Waals surface area (Å²) >= 11 is 1.02. The molecule has 0 atom stereocenters. The van der Waals surface area contributed by atoms with Crippen LogP contribution in [0.2, 0.25) is 0 Å². The van der Waals surface area contributed by atoms with Gasteiger partial charge in [0.15, 0.2) is 0 Å². The van der Waals surface area contributed by atoms with E-state index in [2.05, 4.69) is 10.3 Å². The van der Waals surface area contributed by atoms with Crippen LogP contribution in [0.3, 0.4) is 0 Å². The fraction of sp³-hybridized carbons (Fsp3) is 0.333. The predicted octanol–water partition coefficient (Wildman–Crippen LogP) is 1.79. The van der Waals surface area contributed by atoms with Gasteiger partial charge >= 0.3 is 0 Å². The normalized spacial score (nSPS) is 13.6. The quantitative estimate of drug-likeness (QED) is 0.409. The molecule has 2 aromatic heterocycles. The van der Waals surface area contributed by atoms with Gasteiger partial charge in [0, 0.05) is 25.2 Å². The molecule has 2 amide bonds. The van der Waals surface area contributed by atoms with Crippen LogP contribution in [0.15, 0.2) is 29.3 Å². The van der Waals surface area contributed by atoms with Crippen LogP contribution in [0.25, 0.3) is 10.2 Å². The number of ether oxygens (including phenoxy) is 2. The second-order valence-electron chi connectivity index (χ2n) is 7.50. The Bertz CT molecular complexity index is 1340. The average molecular weight is 487 g/mol. The number of nitro benzene ring substituents is 1. The van der Waals surface area contributed by atoms with E-state index in [1.165, 1.54) is 36.2 Å². The lowest BCUT2D eigenvalue weighted by atomic mass is 10.2. The van der Waals surface area contributed by atoms with Gasteiger partial charge in [0.1, 0.15) is 17.1 Å². The molecule has 13 heteroatoms. The number of morpholine rings is 1. The van der Waals surface area contributed by atoms with Crippen molar-refractivity contribution in [2.45, 2.75) is 13.5 Å². The van der Waals surface area contributed by atoms with Gasteiger partial charge in [-0.1, -0.05) is 0 Å². The number of rotatable bonds is 6. The zero-order valence-electron chi connectivity index (χ0n) is 18.4. The van der Waals surface area contributed by atoms with Gasteiger partial charge in [0.05, 0.1) is 47.5 Å². The third-order valence-corrected chi connectivity index (χ3v) is 6.63. The fourth-order valence-electron chi connectivity index (χ4n) is 3.63. The summed E-state index contributed by atoms with van der Waals surface area (Å²) in [5.41, 5.74) is -0.0985. The number of carbonyl (C=O) groups is 2. The molecule has 1 saturated heterocycles. The smallest absolute Gasteiger partial charge is 0.271 e. The Morgan fingerprint density at radius 1 is 1.32 bits per heavy atom. The maximum absolute atomic E-state index is 13.1. The van der Waals surface area contributed by atoms with E-state index < -0.39 is 16.4 Å². The van der Waals surface area contributed by atoms with E-state index in [4.69, 9.17) is 9.47 Å². The van der Waals surface area contributed by atoms with Crippen molar-refractivity contribution in [1.82, 2.24) is 14.5 Å². The van der Waals surface area contributed by atoms with E-state index in [-0.39, 0.29) is 39.8 Å². The molecule has 0 spiro atoms. The number of methoxy groups -OCH3 is 1. The Morgan fingerprint density at radius 2 is 2.06 bits per heavy atom. The Morgan fingerprint density at radius 3 is 2.74 bits per heavy atom. The minimum absolute atomic E-state index is 0.125. The molecular weight excluding hydrogens is 466 g/mol. The van der Waals surface area contributed by atoms with Crippen LogP contribution >= 0.6 is 11.3 Å². The van der Waals surface area contributed by atoms with Crippen molar-refractivity contribution in [2.24, 2.45) is 0 Å². The summed E-state index contributed by atoms with van der Waals surface area (Å²) in [5.74, 6) is -0.523. The standard InChI is InChI=1S/C21H21N5O7S/c1-12-17-20(22-11-25(21(17)29)10-16(27)24-5-7-33-8-6-24)34-18(12)19(28)23-14-9-13(26(30)31)3-4-15(14)32-2/h3-4,9,11H,5-8,10H2,1-2H3,(H,23,28).